The van der Waals surface area contributed by atoms with Gasteiger partial charge in [0.15, 0.2) is 5.78 Å². The van der Waals surface area contributed by atoms with Crippen molar-refractivity contribution in [1.82, 2.24) is 0 Å². The van der Waals surface area contributed by atoms with Crippen LogP contribution in [0.2, 0.25) is 0 Å². The van der Waals surface area contributed by atoms with Crippen LogP contribution in [0.15, 0.2) is 24.3 Å². The highest BCUT2D eigenvalue weighted by atomic mass is 32.2. The molecule has 76 valence electrons. The zero-order valence-electron chi connectivity index (χ0n) is 9.13. The van der Waals surface area contributed by atoms with Crippen LogP contribution in [0.5, 0.6) is 0 Å². The molecule has 0 aliphatic heterocycles. The summed E-state index contributed by atoms with van der Waals surface area (Å²) >= 11 is 1.59. The first-order valence-corrected chi connectivity index (χ1v) is 5.86. The van der Waals surface area contributed by atoms with Crippen molar-refractivity contribution in [2.75, 3.05) is 6.26 Å². The summed E-state index contributed by atoms with van der Waals surface area (Å²) in [5.41, 5.74) is 1.94. The molecule has 0 radical (unpaired) electrons. The second kappa shape index (κ2) is 4.18. The smallest absolute Gasteiger partial charge is 0.178 e. The van der Waals surface area contributed by atoms with Crippen LogP contribution >= 0.6 is 11.8 Å². The lowest BCUT2D eigenvalue weighted by atomic mass is 9.99. The third-order valence-electron chi connectivity index (χ3n) is 2.34. The number of rotatable bonds is 3. The molecule has 0 fully saturated rings. The highest BCUT2D eigenvalue weighted by molar-refractivity contribution is 8.00. The number of carbonyl (C=O) groups excluding carboxylic acids is 1. The second-order valence-corrected chi connectivity index (χ2v) is 5.34. The quantitative estimate of drug-likeness (QED) is 0.709. The summed E-state index contributed by atoms with van der Waals surface area (Å²) in [7, 11) is 0. The maximum absolute atomic E-state index is 12.0. The lowest BCUT2D eigenvalue weighted by Crippen LogP contribution is -2.27. The van der Waals surface area contributed by atoms with Gasteiger partial charge >= 0.3 is 0 Å². The minimum atomic E-state index is -0.326. The van der Waals surface area contributed by atoms with Crippen LogP contribution in [-0.2, 0) is 0 Å². The van der Waals surface area contributed by atoms with Crippen molar-refractivity contribution < 1.29 is 4.79 Å². The maximum atomic E-state index is 12.0. The van der Waals surface area contributed by atoms with Crippen LogP contribution < -0.4 is 0 Å². The molecule has 0 N–H and O–H groups in total. The first-order valence-electron chi connectivity index (χ1n) is 4.64. The van der Waals surface area contributed by atoms with Gasteiger partial charge in [0.1, 0.15) is 0 Å². The first kappa shape index (κ1) is 11.3. The topological polar surface area (TPSA) is 17.1 Å². The Morgan fingerprint density at radius 3 is 2.50 bits per heavy atom. The first-order chi connectivity index (χ1) is 6.47. The number of thioether (sulfide) groups is 1. The van der Waals surface area contributed by atoms with Gasteiger partial charge in [-0.3, -0.25) is 4.79 Å². The molecule has 1 nitrogen and oxygen atoms in total. The van der Waals surface area contributed by atoms with Gasteiger partial charge in [0.25, 0.3) is 0 Å². The zero-order chi connectivity index (χ0) is 10.8. The Kier molecular flexibility index (Phi) is 3.38. The fourth-order valence-corrected chi connectivity index (χ4v) is 1.53. The van der Waals surface area contributed by atoms with Crippen LogP contribution in [0, 0.1) is 6.92 Å². The van der Waals surface area contributed by atoms with Gasteiger partial charge in [-0.25, -0.2) is 0 Å². The van der Waals surface area contributed by atoms with E-state index in [2.05, 4.69) is 0 Å². The van der Waals surface area contributed by atoms with Gasteiger partial charge in [-0.2, -0.15) is 11.8 Å². The van der Waals surface area contributed by atoms with Gasteiger partial charge in [0, 0.05) is 5.56 Å². The molecule has 14 heavy (non-hydrogen) atoms. The van der Waals surface area contributed by atoms with Crippen molar-refractivity contribution in [3.63, 3.8) is 0 Å². The molecule has 1 rings (SSSR count). The lowest BCUT2D eigenvalue weighted by Gasteiger charge is -2.20. The Hall–Kier alpha value is -0.760. The van der Waals surface area contributed by atoms with Crippen molar-refractivity contribution in [3.05, 3.63) is 35.4 Å². The van der Waals surface area contributed by atoms with Gasteiger partial charge in [-0.15, -0.1) is 0 Å². The van der Waals surface area contributed by atoms with E-state index >= 15 is 0 Å². The molecule has 1 aromatic carbocycles. The van der Waals surface area contributed by atoms with Gasteiger partial charge in [-0.05, 0) is 33.1 Å². The van der Waals surface area contributed by atoms with Gasteiger partial charge < -0.3 is 0 Å². The normalized spacial score (nSPS) is 11.4. The molecule has 0 aliphatic rings. The Labute approximate surface area is 89.9 Å². The molecule has 0 atom stereocenters. The van der Waals surface area contributed by atoms with Crippen molar-refractivity contribution in [2.24, 2.45) is 0 Å². The molecular formula is C12H16OS. The van der Waals surface area contributed by atoms with E-state index in [0.717, 1.165) is 11.1 Å². The summed E-state index contributed by atoms with van der Waals surface area (Å²) in [6.45, 7) is 5.92. The number of ketones is 1. The monoisotopic (exact) mass is 208 g/mol. The fourth-order valence-electron chi connectivity index (χ4n) is 1.23. The molecule has 1 aromatic rings. The molecule has 0 saturated heterocycles. The molecule has 0 aromatic heterocycles. The van der Waals surface area contributed by atoms with E-state index in [9.17, 15) is 4.79 Å². The highest BCUT2D eigenvalue weighted by Gasteiger charge is 2.27. The van der Waals surface area contributed by atoms with E-state index in [-0.39, 0.29) is 10.5 Å². The number of hydrogen-bond donors (Lipinski definition) is 0. The summed E-state index contributed by atoms with van der Waals surface area (Å²) in [6, 6.07) is 7.76. The van der Waals surface area contributed by atoms with Gasteiger partial charge in [-0.1, -0.05) is 23.8 Å². The Morgan fingerprint density at radius 2 is 2.00 bits per heavy atom. The third-order valence-corrected chi connectivity index (χ3v) is 3.54. The lowest BCUT2D eigenvalue weighted by molar-refractivity contribution is 0.0958. The Balaban J connectivity index is 3.01. The van der Waals surface area contributed by atoms with Crippen molar-refractivity contribution >= 4 is 17.5 Å². The van der Waals surface area contributed by atoms with Crippen molar-refractivity contribution in [1.29, 1.82) is 0 Å². The fraction of sp³-hybridized carbons (Fsp3) is 0.417. The van der Waals surface area contributed by atoms with E-state index in [1.807, 2.05) is 51.3 Å². The summed E-state index contributed by atoms with van der Waals surface area (Å²) in [4.78, 5) is 12.0. The molecule has 0 unspecified atom stereocenters. The summed E-state index contributed by atoms with van der Waals surface area (Å²) in [5.74, 6) is 0.203. The van der Waals surface area contributed by atoms with Crippen molar-refractivity contribution in [3.8, 4) is 0 Å². The van der Waals surface area contributed by atoms with Crippen LogP contribution in [0.1, 0.15) is 29.8 Å². The van der Waals surface area contributed by atoms with Crippen molar-refractivity contribution in [2.45, 2.75) is 25.5 Å². The Bertz CT molecular complexity index is 342. The molecule has 0 saturated carbocycles. The SMILES string of the molecule is CSC(C)(C)C(=O)c1cccc(C)c1. The highest BCUT2D eigenvalue weighted by Crippen LogP contribution is 2.26. The van der Waals surface area contributed by atoms with Crippen LogP contribution in [0.3, 0.4) is 0 Å². The largest absolute Gasteiger partial charge is 0.293 e. The molecular weight excluding hydrogens is 192 g/mol. The number of benzene rings is 1. The maximum Gasteiger partial charge on any atom is 0.178 e. The number of aryl methyl sites for hydroxylation is 1. The molecule has 0 heterocycles. The number of carbonyl (C=O) groups is 1. The minimum absolute atomic E-state index is 0.203. The predicted molar refractivity (Wildman–Crippen MR) is 63.1 cm³/mol. The van der Waals surface area contributed by atoms with Crippen LogP contribution in [0.4, 0.5) is 0 Å². The predicted octanol–water partition coefficient (Wildman–Crippen LogP) is 3.32. The van der Waals surface area contributed by atoms with E-state index in [1.165, 1.54) is 0 Å². The van der Waals surface area contributed by atoms with Gasteiger partial charge in [0.2, 0.25) is 0 Å². The number of hydrogen-bond acceptors (Lipinski definition) is 2. The van der Waals surface area contributed by atoms with Gasteiger partial charge in [0.05, 0.1) is 4.75 Å². The Morgan fingerprint density at radius 1 is 1.36 bits per heavy atom. The summed E-state index contributed by atoms with van der Waals surface area (Å²) in [6.07, 6.45) is 1.97. The molecule has 2 heteroatoms. The van der Waals surface area contributed by atoms with E-state index in [4.69, 9.17) is 0 Å². The summed E-state index contributed by atoms with van der Waals surface area (Å²) < 4.78 is -0.326. The second-order valence-electron chi connectivity index (χ2n) is 3.91. The van der Waals surface area contributed by atoms with Crippen LogP contribution in [-0.4, -0.2) is 16.8 Å². The van der Waals surface area contributed by atoms with E-state index in [0.29, 0.717) is 0 Å². The molecule has 0 aliphatic carbocycles. The third kappa shape index (κ3) is 2.38. The standard InChI is InChI=1S/C12H16OS/c1-9-6-5-7-10(8-9)11(13)12(2,3)14-4/h5-8H,1-4H3. The zero-order valence-corrected chi connectivity index (χ0v) is 9.94. The number of Topliss-reactive ketones (excluding diaryl/α,β-unsaturated/α-hetero) is 1. The molecule has 0 spiro atoms. The molecule has 0 bridgehead atoms. The average molecular weight is 208 g/mol. The average Bonchev–Trinajstić information content (AvgIpc) is 2.16. The summed E-state index contributed by atoms with van der Waals surface area (Å²) in [5, 5.41) is 0. The minimum Gasteiger partial charge on any atom is -0.293 e. The van der Waals surface area contributed by atoms with E-state index in [1.54, 1.807) is 11.8 Å². The van der Waals surface area contributed by atoms with Crippen LogP contribution in [0.25, 0.3) is 0 Å². The van der Waals surface area contributed by atoms with E-state index < -0.39 is 0 Å². The molecule has 0 amide bonds.